The van der Waals surface area contributed by atoms with Gasteiger partial charge in [0.1, 0.15) is 0 Å². The van der Waals surface area contributed by atoms with Crippen molar-refractivity contribution in [2.45, 2.75) is 18.8 Å². The fraction of sp³-hybridized carbons (Fsp3) is 0.214. The van der Waals surface area contributed by atoms with E-state index in [1.807, 2.05) is 24.4 Å². The van der Waals surface area contributed by atoms with E-state index in [1.54, 1.807) is 12.4 Å². The summed E-state index contributed by atoms with van der Waals surface area (Å²) >= 11 is 0. The van der Waals surface area contributed by atoms with Gasteiger partial charge in [0.25, 0.3) is 0 Å². The fourth-order valence-electron chi connectivity index (χ4n) is 1.97. The third kappa shape index (κ3) is 1.96. The second-order valence-electron chi connectivity index (χ2n) is 4.34. The van der Waals surface area contributed by atoms with E-state index < -0.39 is 0 Å². The standard InChI is InChI=1S/C14H12N2O/c17-9-13-6-12(10-3-4-10)8-16-14(13)11-2-1-5-15-7-11/h1-2,5-10H,3-4H2. The normalized spacial score (nSPS) is 14.6. The number of hydrogen-bond acceptors (Lipinski definition) is 3. The van der Waals surface area contributed by atoms with E-state index in [0.717, 1.165) is 17.5 Å². The van der Waals surface area contributed by atoms with E-state index in [0.29, 0.717) is 11.5 Å². The van der Waals surface area contributed by atoms with Gasteiger partial charge in [0.05, 0.1) is 5.69 Å². The molecule has 84 valence electrons. The van der Waals surface area contributed by atoms with Gasteiger partial charge in [0, 0.05) is 29.7 Å². The van der Waals surface area contributed by atoms with Gasteiger partial charge < -0.3 is 0 Å². The summed E-state index contributed by atoms with van der Waals surface area (Å²) in [7, 11) is 0. The molecular formula is C14H12N2O. The fourth-order valence-corrected chi connectivity index (χ4v) is 1.97. The van der Waals surface area contributed by atoms with Crippen molar-refractivity contribution in [1.82, 2.24) is 9.97 Å². The van der Waals surface area contributed by atoms with E-state index in [9.17, 15) is 4.79 Å². The Balaban J connectivity index is 2.07. The zero-order valence-electron chi connectivity index (χ0n) is 9.34. The predicted molar refractivity (Wildman–Crippen MR) is 64.8 cm³/mol. The number of carbonyl (C=O) groups is 1. The molecule has 3 rings (SSSR count). The summed E-state index contributed by atoms with van der Waals surface area (Å²) in [4.78, 5) is 19.6. The lowest BCUT2D eigenvalue weighted by atomic mass is 10.0. The van der Waals surface area contributed by atoms with Gasteiger partial charge >= 0.3 is 0 Å². The van der Waals surface area contributed by atoms with Gasteiger partial charge in [0.15, 0.2) is 6.29 Å². The third-order valence-corrected chi connectivity index (χ3v) is 3.05. The second kappa shape index (κ2) is 4.09. The van der Waals surface area contributed by atoms with E-state index in [-0.39, 0.29) is 0 Å². The molecule has 0 bridgehead atoms. The second-order valence-corrected chi connectivity index (χ2v) is 4.34. The van der Waals surface area contributed by atoms with Crippen LogP contribution >= 0.6 is 0 Å². The van der Waals surface area contributed by atoms with Gasteiger partial charge in [0.2, 0.25) is 0 Å². The molecule has 2 heterocycles. The smallest absolute Gasteiger partial charge is 0.152 e. The third-order valence-electron chi connectivity index (χ3n) is 3.05. The van der Waals surface area contributed by atoms with Gasteiger partial charge in [-0.2, -0.15) is 0 Å². The van der Waals surface area contributed by atoms with Crippen LogP contribution in [0.3, 0.4) is 0 Å². The number of hydrogen-bond donors (Lipinski definition) is 0. The van der Waals surface area contributed by atoms with Crippen molar-refractivity contribution in [3.05, 3.63) is 47.9 Å². The molecule has 1 fully saturated rings. The zero-order chi connectivity index (χ0) is 11.7. The summed E-state index contributed by atoms with van der Waals surface area (Å²) in [6.45, 7) is 0. The number of rotatable bonds is 3. The molecular weight excluding hydrogens is 212 g/mol. The Kier molecular flexibility index (Phi) is 2.44. The molecule has 0 atom stereocenters. The van der Waals surface area contributed by atoms with Crippen LogP contribution in [0.2, 0.25) is 0 Å². The van der Waals surface area contributed by atoms with Crippen molar-refractivity contribution in [3.63, 3.8) is 0 Å². The highest BCUT2D eigenvalue weighted by atomic mass is 16.1. The van der Waals surface area contributed by atoms with E-state index in [1.165, 1.54) is 18.4 Å². The molecule has 1 aliphatic rings. The lowest BCUT2D eigenvalue weighted by Gasteiger charge is -2.05. The van der Waals surface area contributed by atoms with Crippen LogP contribution in [0.4, 0.5) is 0 Å². The summed E-state index contributed by atoms with van der Waals surface area (Å²) in [6.07, 6.45) is 8.63. The first-order valence-corrected chi connectivity index (χ1v) is 5.74. The number of pyridine rings is 2. The first-order valence-electron chi connectivity index (χ1n) is 5.74. The largest absolute Gasteiger partial charge is 0.298 e. The summed E-state index contributed by atoms with van der Waals surface area (Å²) in [5, 5.41) is 0. The van der Waals surface area contributed by atoms with Crippen LogP contribution in [-0.2, 0) is 0 Å². The number of carbonyl (C=O) groups excluding carboxylic acids is 1. The van der Waals surface area contributed by atoms with Crippen molar-refractivity contribution in [3.8, 4) is 11.3 Å². The molecule has 3 heteroatoms. The van der Waals surface area contributed by atoms with Crippen molar-refractivity contribution < 1.29 is 4.79 Å². The maximum Gasteiger partial charge on any atom is 0.152 e. The molecule has 0 radical (unpaired) electrons. The predicted octanol–water partition coefficient (Wildman–Crippen LogP) is 2.83. The Bertz CT molecular complexity index is 547. The molecule has 0 unspecified atom stereocenters. The van der Waals surface area contributed by atoms with Crippen LogP contribution in [0, 0.1) is 0 Å². The Morgan fingerprint density at radius 1 is 1.29 bits per heavy atom. The summed E-state index contributed by atoms with van der Waals surface area (Å²) in [5.74, 6) is 0.615. The molecule has 2 aromatic heterocycles. The van der Waals surface area contributed by atoms with Crippen LogP contribution in [0.25, 0.3) is 11.3 Å². The number of nitrogens with zero attached hydrogens (tertiary/aromatic N) is 2. The zero-order valence-corrected chi connectivity index (χ0v) is 9.34. The maximum absolute atomic E-state index is 11.1. The van der Waals surface area contributed by atoms with Gasteiger partial charge in [-0.05, 0) is 42.5 Å². The maximum atomic E-state index is 11.1. The Labute approximate surface area is 99.5 Å². The average molecular weight is 224 g/mol. The summed E-state index contributed by atoms with van der Waals surface area (Å²) in [6, 6.07) is 5.72. The average Bonchev–Trinajstić information content (AvgIpc) is 3.23. The van der Waals surface area contributed by atoms with Crippen LogP contribution in [0.15, 0.2) is 36.8 Å². The van der Waals surface area contributed by atoms with Gasteiger partial charge in [-0.3, -0.25) is 14.8 Å². The molecule has 17 heavy (non-hydrogen) atoms. The molecule has 1 aliphatic carbocycles. The van der Waals surface area contributed by atoms with Crippen molar-refractivity contribution in [1.29, 1.82) is 0 Å². The lowest BCUT2D eigenvalue weighted by Crippen LogP contribution is -1.94. The molecule has 0 N–H and O–H groups in total. The van der Waals surface area contributed by atoms with Crippen LogP contribution < -0.4 is 0 Å². The Morgan fingerprint density at radius 2 is 2.18 bits per heavy atom. The minimum Gasteiger partial charge on any atom is -0.298 e. The monoisotopic (exact) mass is 224 g/mol. The Hall–Kier alpha value is -2.03. The minimum atomic E-state index is 0.615. The highest BCUT2D eigenvalue weighted by Crippen LogP contribution is 2.40. The molecule has 0 amide bonds. The molecule has 0 saturated heterocycles. The summed E-state index contributed by atoms with van der Waals surface area (Å²) < 4.78 is 0. The van der Waals surface area contributed by atoms with Crippen molar-refractivity contribution in [2.24, 2.45) is 0 Å². The highest BCUT2D eigenvalue weighted by Gasteiger charge is 2.24. The van der Waals surface area contributed by atoms with Gasteiger partial charge in [-0.1, -0.05) is 0 Å². The minimum absolute atomic E-state index is 0.615. The molecule has 2 aromatic rings. The van der Waals surface area contributed by atoms with Crippen molar-refractivity contribution in [2.75, 3.05) is 0 Å². The lowest BCUT2D eigenvalue weighted by molar-refractivity contribution is 0.112. The SMILES string of the molecule is O=Cc1cc(C2CC2)cnc1-c1cccnc1. The molecule has 1 saturated carbocycles. The van der Waals surface area contributed by atoms with Gasteiger partial charge in [-0.25, -0.2) is 0 Å². The molecule has 3 nitrogen and oxygen atoms in total. The van der Waals surface area contributed by atoms with Crippen LogP contribution in [0.5, 0.6) is 0 Å². The number of aromatic nitrogens is 2. The van der Waals surface area contributed by atoms with E-state index in [2.05, 4.69) is 9.97 Å². The molecule has 0 spiro atoms. The number of aldehydes is 1. The topological polar surface area (TPSA) is 42.9 Å². The molecule has 0 aliphatic heterocycles. The first-order chi connectivity index (χ1) is 8.38. The van der Waals surface area contributed by atoms with Crippen LogP contribution in [0.1, 0.15) is 34.7 Å². The highest BCUT2D eigenvalue weighted by molar-refractivity contribution is 5.85. The van der Waals surface area contributed by atoms with Gasteiger partial charge in [-0.15, -0.1) is 0 Å². The van der Waals surface area contributed by atoms with Crippen LogP contribution in [-0.4, -0.2) is 16.3 Å². The van der Waals surface area contributed by atoms with Crippen molar-refractivity contribution >= 4 is 6.29 Å². The Morgan fingerprint density at radius 3 is 2.82 bits per heavy atom. The van der Waals surface area contributed by atoms with E-state index in [4.69, 9.17) is 0 Å². The van der Waals surface area contributed by atoms with E-state index >= 15 is 0 Å². The summed E-state index contributed by atoms with van der Waals surface area (Å²) in [5.41, 5.74) is 3.44. The first kappa shape index (κ1) is 10.1. The molecule has 0 aromatic carbocycles. The quantitative estimate of drug-likeness (QED) is 0.753.